The molecule has 0 N–H and O–H groups in total. The third-order valence-electron chi connectivity index (χ3n) is 3.17. The van der Waals surface area contributed by atoms with E-state index in [1.165, 1.54) is 30.6 Å². The second-order valence-corrected chi connectivity index (χ2v) is 6.92. The van der Waals surface area contributed by atoms with Crippen LogP contribution in [0.3, 0.4) is 0 Å². The highest BCUT2D eigenvalue weighted by atomic mass is 79.9. The van der Waals surface area contributed by atoms with Gasteiger partial charge in [0.05, 0.1) is 8.66 Å². The Bertz CT molecular complexity index is 378. The van der Waals surface area contributed by atoms with Gasteiger partial charge < -0.3 is 4.90 Å². The van der Waals surface area contributed by atoms with Gasteiger partial charge in [-0.2, -0.15) is 0 Å². The molecule has 1 aliphatic rings. The maximum atomic E-state index is 12.1. The smallest absolute Gasteiger partial charge is 0.263 e. The second-order valence-electron chi connectivity index (χ2n) is 4.55. The van der Waals surface area contributed by atoms with Gasteiger partial charge in [0.1, 0.15) is 0 Å². The largest absolute Gasteiger partial charge is 0.341 e. The lowest BCUT2D eigenvalue weighted by Crippen LogP contribution is -2.33. The second kappa shape index (κ2) is 4.88. The topological polar surface area (TPSA) is 20.3 Å². The summed E-state index contributed by atoms with van der Waals surface area (Å²) in [5, 5.41) is 0. The van der Waals surface area contributed by atoms with E-state index in [1.807, 2.05) is 24.9 Å². The van der Waals surface area contributed by atoms with E-state index in [-0.39, 0.29) is 5.91 Å². The predicted octanol–water partition coefficient (Wildman–Crippen LogP) is 3.69. The van der Waals surface area contributed by atoms with Gasteiger partial charge >= 0.3 is 0 Å². The molecule has 0 unspecified atom stereocenters. The molecule has 1 saturated carbocycles. The first-order valence-electron chi connectivity index (χ1n) is 5.59. The van der Waals surface area contributed by atoms with E-state index < -0.39 is 0 Å². The van der Waals surface area contributed by atoms with Crippen LogP contribution in [-0.4, -0.2) is 24.4 Å². The Morgan fingerprint density at radius 2 is 2.31 bits per heavy atom. The molecule has 0 spiro atoms. The summed E-state index contributed by atoms with van der Waals surface area (Å²) in [6, 6.07) is 1.97. The number of carbonyl (C=O) groups excluding carboxylic acids is 1. The van der Waals surface area contributed by atoms with Crippen LogP contribution in [0.5, 0.6) is 0 Å². The minimum absolute atomic E-state index is 0.158. The summed E-state index contributed by atoms with van der Waals surface area (Å²) >= 11 is 4.99. The van der Waals surface area contributed by atoms with E-state index in [1.54, 1.807) is 0 Å². The highest BCUT2D eigenvalue weighted by Crippen LogP contribution is 2.30. The number of nitrogens with zero attached hydrogens (tertiary/aromatic N) is 1. The van der Waals surface area contributed by atoms with Crippen LogP contribution in [0.2, 0.25) is 0 Å². The number of thiophene rings is 1. The molecule has 2 nitrogen and oxygen atoms in total. The van der Waals surface area contributed by atoms with E-state index in [0.29, 0.717) is 0 Å². The van der Waals surface area contributed by atoms with Crippen LogP contribution < -0.4 is 0 Å². The lowest BCUT2D eigenvalue weighted by Gasteiger charge is -2.29. The zero-order valence-electron chi connectivity index (χ0n) is 9.62. The van der Waals surface area contributed by atoms with Crippen molar-refractivity contribution in [3.05, 3.63) is 20.3 Å². The standard InChI is InChI=1S/C12H16BrNOS/c1-8-6-10(16-11(8)13)12(15)14(2)7-9-4-3-5-9/h6,9H,3-5,7H2,1-2H3. The Morgan fingerprint density at radius 1 is 1.62 bits per heavy atom. The molecule has 0 radical (unpaired) electrons. The van der Waals surface area contributed by atoms with E-state index in [2.05, 4.69) is 15.9 Å². The average molecular weight is 302 g/mol. The van der Waals surface area contributed by atoms with Gasteiger partial charge in [0.2, 0.25) is 0 Å². The van der Waals surface area contributed by atoms with Gasteiger partial charge in [-0.05, 0) is 53.2 Å². The normalized spacial score (nSPS) is 15.9. The first kappa shape index (κ1) is 12.1. The number of carbonyl (C=O) groups is 1. The van der Waals surface area contributed by atoms with E-state index >= 15 is 0 Å². The molecule has 1 fully saturated rings. The SMILES string of the molecule is Cc1cc(C(=O)N(C)CC2CCC2)sc1Br. The molecule has 1 aliphatic carbocycles. The van der Waals surface area contributed by atoms with Crippen LogP contribution in [-0.2, 0) is 0 Å². The van der Waals surface area contributed by atoms with Crippen LogP contribution in [0.25, 0.3) is 0 Å². The summed E-state index contributed by atoms with van der Waals surface area (Å²) in [7, 11) is 1.91. The van der Waals surface area contributed by atoms with Gasteiger partial charge in [0.15, 0.2) is 0 Å². The number of hydrogen-bond acceptors (Lipinski definition) is 2. The van der Waals surface area contributed by atoms with Gasteiger partial charge in [-0.15, -0.1) is 11.3 Å². The molecule has 0 aliphatic heterocycles. The average Bonchev–Trinajstić information content (AvgIpc) is 2.51. The molecule has 2 rings (SSSR count). The van der Waals surface area contributed by atoms with Gasteiger partial charge in [0.25, 0.3) is 5.91 Å². The summed E-state index contributed by atoms with van der Waals surface area (Å²) in [5.41, 5.74) is 1.14. The molecule has 88 valence electrons. The molecule has 1 aromatic rings. The molecule has 1 aromatic heterocycles. The van der Waals surface area contributed by atoms with Crippen LogP contribution in [0.4, 0.5) is 0 Å². The maximum absolute atomic E-state index is 12.1. The summed E-state index contributed by atoms with van der Waals surface area (Å²) in [5.74, 6) is 0.893. The zero-order valence-corrected chi connectivity index (χ0v) is 12.0. The number of halogens is 1. The van der Waals surface area contributed by atoms with Crippen molar-refractivity contribution in [2.75, 3.05) is 13.6 Å². The third-order valence-corrected chi connectivity index (χ3v) is 5.30. The predicted molar refractivity (Wildman–Crippen MR) is 71.1 cm³/mol. The highest BCUT2D eigenvalue weighted by Gasteiger charge is 2.23. The Labute approximate surface area is 109 Å². The highest BCUT2D eigenvalue weighted by molar-refractivity contribution is 9.11. The zero-order chi connectivity index (χ0) is 11.7. The summed E-state index contributed by atoms with van der Waals surface area (Å²) in [4.78, 5) is 14.8. The lowest BCUT2D eigenvalue weighted by atomic mass is 9.85. The maximum Gasteiger partial charge on any atom is 0.263 e. The minimum atomic E-state index is 0.158. The molecule has 0 bridgehead atoms. The summed E-state index contributed by atoms with van der Waals surface area (Å²) < 4.78 is 1.06. The monoisotopic (exact) mass is 301 g/mol. The number of hydrogen-bond donors (Lipinski definition) is 0. The molecule has 4 heteroatoms. The van der Waals surface area contributed by atoms with Gasteiger partial charge in [-0.3, -0.25) is 4.79 Å². The molecule has 16 heavy (non-hydrogen) atoms. The van der Waals surface area contributed by atoms with Crippen molar-refractivity contribution in [3.63, 3.8) is 0 Å². The minimum Gasteiger partial charge on any atom is -0.341 e. The number of amides is 1. The van der Waals surface area contributed by atoms with Gasteiger partial charge in [0, 0.05) is 13.6 Å². The summed E-state index contributed by atoms with van der Waals surface area (Å²) in [6.07, 6.45) is 3.89. The molecular formula is C12H16BrNOS. The van der Waals surface area contributed by atoms with E-state index in [0.717, 1.165) is 26.7 Å². The van der Waals surface area contributed by atoms with Crippen molar-refractivity contribution < 1.29 is 4.79 Å². The van der Waals surface area contributed by atoms with Crippen LogP contribution in [0.15, 0.2) is 9.85 Å². The van der Waals surface area contributed by atoms with E-state index in [4.69, 9.17) is 0 Å². The van der Waals surface area contributed by atoms with Crippen molar-refractivity contribution in [3.8, 4) is 0 Å². The molecular weight excluding hydrogens is 286 g/mol. The Morgan fingerprint density at radius 3 is 2.75 bits per heavy atom. The fraction of sp³-hybridized carbons (Fsp3) is 0.583. The lowest BCUT2D eigenvalue weighted by molar-refractivity contribution is 0.0750. The third kappa shape index (κ3) is 2.48. The summed E-state index contributed by atoms with van der Waals surface area (Å²) in [6.45, 7) is 2.93. The van der Waals surface area contributed by atoms with Crippen molar-refractivity contribution in [2.24, 2.45) is 5.92 Å². The van der Waals surface area contributed by atoms with E-state index in [9.17, 15) is 4.79 Å². The number of rotatable bonds is 3. The quantitative estimate of drug-likeness (QED) is 0.834. The molecule has 1 heterocycles. The van der Waals surface area contributed by atoms with Crippen molar-refractivity contribution in [1.82, 2.24) is 4.90 Å². The van der Waals surface area contributed by atoms with Crippen LogP contribution in [0.1, 0.15) is 34.5 Å². The van der Waals surface area contributed by atoms with Crippen LogP contribution >= 0.6 is 27.3 Å². The number of aryl methyl sites for hydroxylation is 1. The Kier molecular flexibility index (Phi) is 3.70. The molecule has 0 saturated heterocycles. The van der Waals surface area contributed by atoms with Crippen molar-refractivity contribution in [1.29, 1.82) is 0 Å². The fourth-order valence-corrected chi connectivity index (χ4v) is 3.43. The molecule has 0 atom stereocenters. The Balaban J connectivity index is 2.00. The molecule has 1 amide bonds. The van der Waals surface area contributed by atoms with Gasteiger partial charge in [-0.1, -0.05) is 6.42 Å². The fourth-order valence-electron chi connectivity index (χ4n) is 1.90. The first-order valence-corrected chi connectivity index (χ1v) is 7.20. The first-order chi connectivity index (χ1) is 7.58. The Hall–Kier alpha value is -0.350. The van der Waals surface area contributed by atoms with Crippen molar-refractivity contribution in [2.45, 2.75) is 26.2 Å². The van der Waals surface area contributed by atoms with Gasteiger partial charge in [-0.25, -0.2) is 0 Å². The molecule has 0 aromatic carbocycles. The van der Waals surface area contributed by atoms with Crippen LogP contribution in [0, 0.1) is 12.8 Å². The van der Waals surface area contributed by atoms with Crippen molar-refractivity contribution >= 4 is 33.2 Å².